The lowest BCUT2D eigenvalue weighted by Crippen LogP contribution is -2.40. The monoisotopic (exact) mass is 171 g/mol. The molecular formula is C8H13NOS. The highest BCUT2D eigenvalue weighted by Crippen LogP contribution is 2.17. The number of hydrogen-bond donors (Lipinski definition) is 0. The van der Waals surface area contributed by atoms with E-state index >= 15 is 0 Å². The van der Waals surface area contributed by atoms with Crippen molar-refractivity contribution in [3.05, 3.63) is 12.7 Å². The third kappa shape index (κ3) is 2.26. The minimum absolute atomic E-state index is 0.0668. The largest absolute Gasteiger partial charge is 0.337 e. The Labute approximate surface area is 71.6 Å². The zero-order valence-corrected chi connectivity index (χ0v) is 7.56. The normalized spacial score (nSPS) is 24.8. The number of amides is 1. The molecule has 1 amide bonds. The molecule has 2 nitrogen and oxygen atoms in total. The molecule has 3 heteroatoms. The molecule has 0 bridgehead atoms. The Balaban J connectivity index is 2.45. The minimum Gasteiger partial charge on any atom is -0.337 e. The first-order valence-corrected chi connectivity index (χ1v) is 4.82. The van der Waals surface area contributed by atoms with Gasteiger partial charge in [-0.15, -0.1) is 0 Å². The van der Waals surface area contributed by atoms with Gasteiger partial charge in [0.25, 0.3) is 0 Å². The number of carbonyl (C=O) groups is 1. The van der Waals surface area contributed by atoms with Crippen molar-refractivity contribution in [1.29, 1.82) is 0 Å². The van der Waals surface area contributed by atoms with Crippen LogP contribution < -0.4 is 0 Å². The van der Waals surface area contributed by atoms with E-state index in [4.69, 9.17) is 0 Å². The fourth-order valence-electron chi connectivity index (χ4n) is 1.15. The van der Waals surface area contributed by atoms with E-state index in [0.29, 0.717) is 5.25 Å². The lowest BCUT2D eigenvalue weighted by atomic mass is 10.3. The molecular weight excluding hydrogens is 158 g/mol. The van der Waals surface area contributed by atoms with Crippen LogP contribution in [0.15, 0.2) is 12.7 Å². The summed E-state index contributed by atoms with van der Waals surface area (Å²) in [5.41, 5.74) is 0. The average molecular weight is 171 g/mol. The maximum Gasteiger partial charge on any atom is 0.246 e. The molecule has 0 saturated carbocycles. The smallest absolute Gasteiger partial charge is 0.246 e. The van der Waals surface area contributed by atoms with Crippen molar-refractivity contribution in [3.8, 4) is 0 Å². The minimum atomic E-state index is 0.0668. The Kier molecular flexibility index (Phi) is 3.00. The van der Waals surface area contributed by atoms with Crippen LogP contribution in [0.2, 0.25) is 0 Å². The van der Waals surface area contributed by atoms with Crippen LogP contribution in [0.25, 0.3) is 0 Å². The number of rotatable bonds is 1. The molecule has 0 aromatic rings. The van der Waals surface area contributed by atoms with E-state index in [2.05, 4.69) is 13.5 Å². The second-order valence-electron chi connectivity index (χ2n) is 2.67. The first kappa shape index (κ1) is 8.65. The molecule has 0 N–H and O–H groups in total. The lowest BCUT2D eigenvalue weighted by Gasteiger charge is -2.29. The molecule has 0 aliphatic carbocycles. The molecule has 1 saturated heterocycles. The second kappa shape index (κ2) is 3.81. The summed E-state index contributed by atoms with van der Waals surface area (Å²) < 4.78 is 0. The van der Waals surface area contributed by atoms with Crippen LogP contribution in [-0.4, -0.2) is 34.9 Å². The van der Waals surface area contributed by atoms with Gasteiger partial charge in [0, 0.05) is 24.1 Å². The molecule has 62 valence electrons. The maximum absolute atomic E-state index is 11.1. The van der Waals surface area contributed by atoms with Crippen molar-refractivity contribution in [3.63, 3.8) is 0 Å². The molecule has 1 aliphatic heterocycles. The summed E-state index contributed by atoms with van der Waals surface area (Å²) in [7, 11) is 0. The second-order valence-corrected chi connectivity index (χ2v) is 4.22. The molecule has 0 spiro atoms. The van der Waals surface area contributed by atoms with Crippen LogP contribution >= 0.6 is 11.8 Å². The van der Waals surface area contributed by atoms with Crippen molar-refractivity contribution in [1.82, 2.24) is 4.90 Å². The van der Waals surface area contributed by atoms with E-state index in [-0.39, 0.29) is 5.91 Å². The summed E-state index contributed by atoms with van der Waals surface area (Å²) in [5.74, 6) is 1.12. The van der Waals surface area contributed by atoms with Gasteiger partial charge in [-0.25, -0.2) is 0 Å². The zero-order valence-electron chi connectivity index (χ0n) is 6.75. The maximum atomic E-state index is 11.1. The van der Waals surface area contributed by atoms with E-state index < -0.39 is 0 Å². The molecule has 11 heavy (non-hydrogen) atoms. The lowest BCUT2D eigenvalue weighted by molar-refractivity contribution is -0.125. The van der Waals surface area contributed by atoms with Crippen molar-refractivity contribution < 1.29 is 4.79 Å². The number of thioether (sulfide) groups is 1. The summed E-state index contributed by atoms with van der Waals surface area (Å²) in [6, 6.07) is 0. The number of carbonyl (C=O) groups excluding carboxylic acids is 1. The SMILES string of the molecule is C=CC(=O)N1CCSC(C)C1. The predicted octanol–water partition coefficient (Wildman–Crippen LogP) is 1.14. The zero-order chi connectivity index (χ0) is 8.27. The van der Waals surface area contributed by atoms with Crippen molar-refractivity contribution in [2.24, 2.45) is 0 Å². The summed E-state index contributed by atoms with van der Waals surface area (Å²) in [4.78, 5) is 13.0. The standard InChI is InChI=1S/C8H13NOS/c1-3-8(10)9-4-5-11-7(2)6-9/h3,7H,1,4-6H2,2H3. The molecule has 0 aromatic heterocycles. The van der Waals surface area contributed by atoms with Crippen LogP contribution in [0.1, 0.15) is 6.92 Å². The van der Waals surface area contributed by atoms with Crippen LogP contribution in [0.5, 0.6) is 0 Å². The third-order valence-electron chi connectivity index (χ3n) is 1.73. The molecule has 1 atom stereocenters. The van der Waals surface area contributed by atoms with Gasteiger partial charge in [0.2, 0.25) is 5.91 Å². The molecule has 1 fully saturated rings. The van der Waals surface area contributed by atoms with E-state index in [1.807, 2.05) is 16.7 Å². The Morgan fingerprint density at radius 2 is 2.55 bits per heavy atom. The van der Waals surface area contributed by atoms with Gasteiger partial charge in [0.05, 0.1) is 0 Å². The van der Waals surface area contributed by atoms with Crippen molar-refractivity contribution in [2.75, 3.05) is 18.8 Å². The summed E-state index contributed by atoms with van der Waals surface area (Å²) >= 11 is 1.92. The van der Waals surface area contributed by atoms with Crippen LogP contribution in [0.3, 0.4) is 0 Å². The van der Waals surface area contributed by atoms with Gasteiger partial charge >= 0.3 is 0 Å². The Hall–Kier alpha value is -0.440. The highest BCUT2D eigenvalue weighted by Gasteiger charge is 2.18. The van der Waals surface area contributed by atoms with Crippen molar-refractivity contribution >= 4 is 17.7 Å². The Bertz CT molecular complexity index is 169. The van der Waals surface area contributed by atoms with E-state index in [0.717, 1.165) is 18.8 Å². The van der Waals surface area contributed by atoms with Crippen molar-refractivity contribution in [2.45, 2.75) is 12.2 Å². The van der Waals surface area contributed by atoms with E-state index in [1.54, 1.807) is 0 Å². The first-order chi connectivity index (χ1) is 5.24. The third-order valence-corrected chi connectivity index (χ3v) is 2.86. The topological polar surface area (TPSA) is 20.3 Å². The first-order valence-electron chi connectivity index (χ1n) is 3.77. The molecule has 1 unspecified atom stereocenters. The quantitative estimate of drug-likeness (QED) is 0.551. The fourth-order valence-corrected chi connectivity index (χ4v) is 2.16. The van der Waals surface area contributed by atoms with Gasteiger partial charge in [-0.1, -0.05) is 13.5 Å². The molecule has 1 aliphatic rings. The predicted molar refractivity (Wildman–Crippen MR) is 48.7 cm³/mol. The van der Waals surface area contributed by atoms with Crippen LogP contribution in [0.4, 0.5) is 0 Å². The Morgan fingerprint density at radius 1 is 1.82 bits per heavy atom. The fraction of sp³-hybridized carbons (Fsp3) is 0.625. The van der Waals surface area contributed by atoms with Gasteiger partial charge in [-0.05, 0) is 6.08 Å². The highest BCUT2D eigenvalue weighted by atomic mass is 32.2. The van der Waals surface area contributed by atoms with Gasteiger partial charge in [0.15, 0.2) is 0 Å². The highest BCUT2D eigenvalue weighted by molar-refractivity contribution is 7.99. The average Bonchev–Trinajstić information content (AvgIpc) is 2.03. The van der Waals surface area contributed by atoms with Gasteiger partial charge in [-0.3, -0.25) is 4.79 Å². The van der Waals surface area contributed by atoms with Crippen LogP contribution in [-0.2, 0) is 4.79 Å². The Morgan fingerprint density at radius 3 is 3.09 bits per heavy atom. The van der Waals surface area contributed by atoms with Gasteiger partial charge in [0.1, 0.15) is 0 Å². The van der Waals surface area contributed by atoms with E-state index in [9.17, 15) is 4.79 Å². The van der Waals surface area contributed by atoms with E-state index in [1.165, 1.54) is 6.08 Å². The summed E-state index contributed by atoms with van der Waals surface area (Å²) in [5, 5.41) is 0.577. The molecule has 0 aromatic carbocycles. The molecule has 0 radical (unpaired) electrons. The van der Waals surface area contributed by atoms with Crippen LogP contribution in [0, 0.1) is 0 Å². The van der Waals surface area contributed by atoms with Gasteiger partial charge in [-0.2, -0.15) is 11.8 Å². The number of hydrogen-bond acceptors (Lipinski definition) is 2. The summed E-state index contributed by atoms with van der Waals surface area (Å²) in [6.45, 7) is 7.35. The van der Waals surface area contributed by atoms with Gasteiger partial charge < -0.3 is 4.90 Å². The molecule has 1 heterocycles. The number of nitrogens with zero attached hydrogens (tertiary/aromatic N) is 1. The summed E-state index contributed by atoms with van der Waals surface area (Å²) in [6.07, 6.45) is 1.39. The molecule has 1 rings (SSSR count).